The third-order valence-corrected chi connectivity index (χ3v) is 1.46. The van der Waals surface area contributed by atoms with Crippen LogP contribution in [0.1, 0.15) is 10.5 Å². The molecule has 0 aliphatic heterocycles. The number of hydrogen-bond acceptors (Lipinski definition) is 5. The van der Waals surface area contributed by atoms with E-state index in [4.69, 9.17) is 0 Å². The first-order valence-electron chi connectivity index (χ1n) is 3.81. The number of nitrogens with one attached hydrogen (secondary N) is 2. The molecular weight excluding hydrogens is 184 g/mol. The molecule has 2 heterocycles. The monoisotopic (exact) mass is 190 g/mol. The number of carbonyl (C=O) groups is 1. The molecule has 70 valence electrons. The molecule has 0 saturated carbocycles. The highest BCUT2D eigenvalue weighted by atomic mass is 16.2. The summed E-state index contributed by atoms with van der Waals surface area (Å²) < 4.78 is 0. The van der Waals surface area contributed by atoms with Crippen molar-refractivity contribution in [3.8, 4) is 0 Å². The molecule has 0 aliphatic carbocycles. The molecule has 2 aromatic heterocycles. The predicted molar refractivity (Wildman–Crippen MR) is 46.4 cm³/mol. The van der Waals surface area contributed by atoms with Gasteiger partial charge in [0.2, 0.25) is 0 Å². The predicted octanol–water partition coefficient (Wildman–Crippen LogP) is -0.153. The number of aromatic amines is 1. The molecule has 2 rings (SSSR count). The third-order valence-electron chi connectivity index (χ3n) is 1.46. The molecule has 0 saturated heterocycles. The maximum atomic E-state index is 11.4. The lowest BCUT2D eigenvalue weighted by atomic mass is 10.4. The Morgan fingerprint density at radius 2 is 2.43 bits per heavy atom. The molecule has 0 fully saturated rings. The fourth-order valence-corrected chi connectivity index (χ4v) is 0.860. The molecule has 1 amide bonds. The minimum atomic E-state index is -0.376. The Morgan fingerprint density at radius 3 is 3.07 bits per heavy atom. The van der Waals surface area contributed by atoms with Crippen molar-refractivity contribution >= 4 is 11.7 Å². The fourth-order valence-electron chi connectivity index (χ4n) is 0.860. The van der Waals surface area contributed by atoms with Crippen LogP contribution in [0.4, 0.5) is 5.82 Å². The molecule has 7 heteroatoms. The number of carbonyl (C=O) groups excluding carboxylic acids is 1. The molecule has 0 aromatic carbocycles. The first kappa shape index (κ1) is 8.30. The van der Waals surface area contributed by atoms with Gasteiger partial charge in [0.25, 0.3) is 5.91 Å². The van der Waals surface area contributed by atoms with Crippen LogP contribution in [-0.4, -0.2) is 31.5 Å². The number of amides is 1. The quantitative estimate of drug-likeness (QED) is 0.686. The second-order valence-corrected chi connectivity index (χ2v) is 2.42. The van der Waals surface area contributed by atoms with Crippen molar-refractivity contribution in [2.45, 2.75) is 0 Å². The van der Waals surface area contributed by atoms with E-state index in [1.54, 1.807) is 12.1 Å². The van der Waals surface area contributed by atoms with Crippen LogP contribution < -0.4 is 5.32 Å². The number of nitrogens with zero attached hydrogens (tertiary/aromatic N) is 4. The van der Waals surface area contributed by atoms with E-state index in [-0.39, 0.29) is 11.6 Å². The van der Waals surface area contributed by atoms with E-state index in [1.165, 1.54) is 12.4 Å². The van der Waals surface area contributed by atoms with Crippen LogP contribution in [0.2, 0.25) is 0 Å². The van der Waals surface area contributed by atoms with Crippen molar-refractivity contribution < 1.29 is 4.79 Å². The molecule has 14 heavy (non-hydrogen) atoms. The minimum Gasteiger partial charge on any atom is -0.304 e. The number of H-pyrrole nitrogens is 1. The van der Waals surface area contributed by atoms with Gasteiger partial charge in [-0.15, -0.1) is 5.10 Å². The lowest BCUT2D eigenvalue weighted by Gasteiger charge is -1.98. The highest BCUT2D eigenvalue weighted by molar-refractivity contribution is 6.01. The lowest BCUT2D eigenvalue weighted by molar-refractivity contribution is 0.102. The first-order valence-corrected chi connectivity index (χ1v) is 3.81. The molecule has 0 atom stereocenters. The van der Waals surface area contributed by atoms with Crippen molar-refractivity contribution in [1.29, 1.82) is 0 Å². The largest absolute Gasteiger partial charge is 0.304 e. The SMILES string of the molecule is O=C(Nc1cccnn1)c1cn[nH]n1. The normalized spacial score (nSPS) is 9.71. The van der Waals surface area contributed by atoms with E-state index in [9.17, 15) is 4.79 Å². The number of rotatable bonds is 2. The summed E-state index contributed by atoms with van der Waals surface area (Å²) in [5.41, 5.74) is 0.204. The van der Waals surface area contributed by atoms with E-state index in [0.717, 1.165) is 0 Å². The van der Waals surface area contributed by atoms with Crippen LogP contribution in [-0.2, 0) is 0 Å². The van der Waals surface area contributed by atoms with Gasteiger partial charge in [0.1, 0.15) is 0 Å². The first-order chi connectivity index (χ1) is 6.86. The standard InChI is InChI=1S/C7H6N6O/c14-7(5-4-9-13-11-5)10-6-2-1-3-8-12-6/h1-4H,(H,9,11,13)(H,10,12,14). The van der Waals surface area contributed by atoms with Gasteiger partial charge < -0.3 is 5.32 Å². The molecule has 7 nitrogen and oxygen atoms in total. The number of anilines is 1. The Labute approximate surface area is 78.6 Å². The van der Waals surface area contributed by atoms with Crippen molar-refractivity contribution in [1.82, 2.24) is 25.6 Å². The minimum absolute atomic E-state index is 0.204. The summed E-state index contributed by atoms with van der Waals surface area (Å²) in [5, 5.41) is 19.3. The maximum absolute atomic E-state index is 11.4. The molecule has 0 unspecified atom stereocenters. The van der Waals surface area contributed by atoms with Gasteiger partial charge in [0.15, 0.2) is 11.5 Å². The summed E-state index contributed by atoms with van der Waals surface area (Å²) >= 11 is 0. The second-order valence-electron chi connectivity index (χ2n) is 2.42. The Bertz CT molecular complexity index is 411. The lowest BCUT2D eigenvalue weighted by Crippen LogP contribution is -2.13. The van der Waals surface area contributed by atoms with Gasteiger partial charge in [-0.3, -0.25) is 4.79 Å². The van der Waals surface area contributed by atoms with Crippen LogP contribution in [0.15, 0.2) is 24.5 Å². The van der Waals surface area contributed by atoms with Gasteiger partial charge in [-0.25, -0.2) is 0 Å². The van der Waals surface area contributed by atoms with Crippen LogP contribution >= 0.6 is 0 Å². The van der Waals surface area contributed by atoms with Crippen LogP contribution in [0.5, 0.6) is 0 Å². The summed E-state index contributed by atoms with van der Waals surface area (Å²) in [5.74, 6) is -0.000231. The van der Waals surface area contributed by atoms with E-state index in [2.05, 4.69) is 30.9 Å². The highest BCUT2D eigenvalue weighted by Gasteiger charge is 2.08. The van der Waals surface area contributed by atoms with E-state index in [1.807, 2.05) is 0 Å². The molecule has 0 aliphatic rings. The van der Waals surface area contributed by atoms with Crippen LogP contribution in [0.3, 0.4) is 0 Å². The summed E-state index contributed by atoms with van der Waals surface area (Å²) in [6.45, 7) is 0. The van der Waals surface area contributed by atoms with Gasteiger partial charge >= 0.3 is 0 Å². The summed E-state index contributed by atoms with van der Waals surface area (Å²) in [6, 6.07) is 3.30. The number of aromatic nitrogens is 5. The molecule has 0 bridgehead atoms. The maximum Gasteiger partial charge on any atom is 0.279 e. The zero-order valence-corrected chi connectivity index (χ0v) is 7.01. The number of hydrogen-bond donors (Lipinski definition) is 2. The van der Waals surface area contributed by atoms with E-state index >= 15 is 0 Å². The van der Waals surface area contributed by atoms with Crippen molar-refractivity contribution in [3.05, 3.63) is 30.2 Å². The van der Waals surface area contributed by atoms with Gasteiger partial charge in [-0.2, -0.15) is 20.5 Å². The fraction of sp³-hybridized carbons (Fsp3) is 0. The Kier molecular flexibility index (Phi) is 2.14. The Morgan fingerprint density at radius 1 is 1.50 bits per heavy atom. The van der Waals surface area contributed by atoms with Crippen molar-refractivity contribution in [2.24, 2.45) is 0 Å². The van der Waals surface area contributed by atoms with Crippen molar-refractivity contribution in [3.63, 3.8) is 0 Å². The summed E-state index contributed by atoms with van der Waals surface area (Å²) in [7, 11) is 0. The Hall–Kier alpha value is -2.31. The average molecular weight is 190 g/mol. The van der Waals surface area contributed by atoms with Gasteiger partial charge in [-0.05, 0) is 12.1 Å². The smallest absolute Gasteiger partial charge is 0.279 e. The van der Waals surface area contributed by atoms with E-state index < -0.39 is 0 Å². The zero-order chi connectivity index (χ0) is 9.80. The molecule has 2 aromatic rings. The molecule has 2 N–H and O–H groups in total. The topological polar surface area (TPSA) is 96.5 Å². The van der Waals surface area contributed by atoms with Gasteiger partial charge in [0.05, 0.1) is 6.20 Å². The summed E-state index contributed by atoms with van der Waals surface area (Å²) in [6.07, 6.45) is 2.84. The third kappa shape index (κ3) is 1.71. The van der Waals surface area contributed by atoms with Gasteiger partial charge in [-0.1, -0.05) is 0 Å². The van der Waals surface area contributed by atoms with Crippen molar-refractivity contribution in [2.75, 3.05) is 5.32 Å². The summed E-state index contributed by atoms with van der Waals surface area (Å²) in [4.78, 5) is 11.4. The molecular formula is C7H6N6O. The van der Waals surface area contributed by atoms with E-state index in [0.29, 0.717) is 5.82 Å². The molecule has 0 spiro atoms. The van der Waals surface area contributed by atoms with Crippen LogP contribution in [0, 0.1) is 0 Å². The van der Waals surface area contributed by atoms with Gasteiger partial charge in [0, 0.05) is 6.20 Å². The van der Waals surface area contributed by atoms with Crippen LogP contribution in [0.25, 0.3) is 0 Å². The molecule has 0 radical (unpaired) electrons. The highest BCUT2D eigenvalue weighted by Crippen LogP contribution is 2.00. The Balaban J connectivity index is 2.10. The average Bonchev–Trinajstić information content (AvgIpc) is 2.72. The zero-order valence-electron chi connectivity index (χ0n) is 7.01. The second kappa shape index (κ2) is 3.60.